The minimum absolute atomic E-state index is 0.0908. The Balaban J connectivity index is 2.17. The van der Waals surface area contributed by atoms with Gasteiger partial charge >= 0.3 is 5.97 Å². The van der Waals surface area contributed by atoms with Crippen molar-refractivity contribution < 1.29 is 19.1 Å². The number of ether oxygens (including phenoxy) is 1. The number of para-hydroxylation sites is 2. The molecule has 0 spiro atoms. The van der Waals surface area contributed by atoms with Crippen LogP contribution < -0.4 is 10.2 Å². The number of benzene rings is 2. The molecule has 0 unspecified atom stereocenters. The number of hydrogen-bond acceptors (Lipinski definition) is 4. The first kappa shape index (κ1) is 22.1. The SMILES string of the molecule is COC(=O)c1ccccc1N(CCC(=O)Nc1ccccc1C(C)(C)C)C(C)=O. The topological polar surface area (TPSA) is 75.7 Å². The highest BCUT2D eigenvalue weighted by molar-refractivity contribution is 6.02. The second-order valence-electron chi connectivity index (χ2n) is 7.77. The van der Waals surface area contributed by atoms with Gasteiger partial charge in [0.25, 0.3) is 0 Å². The smallest absolute Gasteiger partial charge is 0.339 e. The summed E-state index contributed by atoms with van der Waals surface area (Å²) in [5.74, 6) is -0.997. The maximum atomic E-state index is 12.6. The Kier molecular flexibility index (Phi) is 7.15. The Labute approximate surface area is 171 Å². The number of nitrogens with one attached hydrogen (secondary N) is 1. The van der Waals surface area contributed by atoms with Crippen LogP contribution in [0.4, 0.5) is 11.4 Å². The van der Waals surface area contributed by atoms with Crippen LogP contribution in [0, 0.1) is 0 Å². The van der Waals surface area contributed by atoms with Gasteiger partial charge in [-0.05, 0) is 29.2 Å². The van der Waals surface area contributed by atoms with E-state index >= 15 is 0 Å². The molecule has 2 amide bonds. The molecule has 6 heteroatoms. The van der Waals surface area contributed by atoms with Gasteiger partial charge < -0.3 is 15.0 Å². The van der Waals surface area contributed by atoms with E-state index in [1.54, 1.807) is 24.3 Å². The van der Waals surface area contributed by atoms with Crippen LogP contribution in [-0.4, -0.2) is 31.4 Å². The Bertz CT molecular complexity index is 900. The Morgan fingerprint density at radius 3 is 2.24 bits per heavy atom. The number of carbonyl (C=O) groups is 3. The number of carbonyl (C=O) groups excluding carboxylic acids is 3. The van der Waals surface area contributed by atoms with Gasteiger partial charge in [-0.2, -0.15) is 0 Å². The summed E-state index contributed by atoms with van der Waals surface area (Å²) in [6.07, 6.45) is 0.0908. The average Bonchev–Trinajstić information content (AvgIpc) is 2.67. The summed E-state index contributed by atoms with van der Waals surface area (Å²) in [5, 5.41) is 2.94. The van der Waals surface area contributed by atoms with Crippen LogP contribution in [0.15, 0.2) is 48.5 Å². The molecule has 0 atom stereocenters. The monoisotopic (exact) mass is 396 g/mol. The van der Waals surface area contributed by atoms with Crippen LogP contribution in [0.1, 0.15) is 50.0 Å². The number of amides is 2. The molecule has 0 heterocycles. The third-order valence-corrected chi connectivity index (χ3v) is 4.55. The highest BCUT2D eigenvalue weighted by Crippen LogP contribution is 2.29. The van der Waals surface area contributed by atoms with Gasteiger partial charge in [0.15, 0.2) is 0 Å². The molecule has 0 aliphatic rings. The zero-order valence-corrected chi connectivity index (χ0v) is 17.6. The van der Waals surface area contributed by atoms with Gasteiger partial charge in [0, 0.05) is 25.6 Å². The number of nitrogens with zero attached hydrogens (tertiary/aromatic N) is 1. The van der Waals surface area contributed by atoms with Crippen LogP contribution in [0.5, 0.6) is 0 Å². The molecule has 0 bridgehead atoms. The lowest BCUT2D eigenvalue weighted by Gasteiger charge is -2.24. The molecule has 29 heavy (non-hydrogen) atoms. The molecule has 2 aromatic rings. The zero-order valence-electron chi connectivity index (χ0n) is 17.6. The van der Waals surface area contributed by atoms with E-state index < -0.39 is 5.97 Å². The Morgan fingerprint density at radius 2 is 1.62 bits per heavy atom. The first-order valence-corrected chi connectivity index (χ1v) is 9.50. The third kappa shape index (κ3) is 5.67. The molecule has 0 saturated carbocycles. The number of rotatable bonds is 6. The average molecular weight is 396 g/mol. The predicted molar refractivity (Wildman–Crippen MR) is 114 cm³/mol. The van der Waals surface area contributed by atoms with E-state index in [2.05, 4.69) is 26.1 Å². The van der Waals surface area contributed by atoms with Crippen LogP contribution in [0.2, 0.25) is 0 Å². The molecular formula is C23H28N2O4. The molecule has 0 radical (unpaired) electrons. The second kappa shape index (κ2) is 9.37. The lowest BCUT2D eigenvalue weighted by Crippen LogP contribution is -2.33. The van der Waals surface area contributed by atoms with Crippen LogP contribution >= 0.6 is 0 Å². The summed E-state index contributed by atoms with van der Waals surface area (Å²) in [4.78, 5) is 38.2. The minimum Gasteiger partial charge on any atom is -0.465 e. The van der Waals surface area contributed by atoms with Crippen molar-refractivity contribution in [2.75, 3.05) is 23.9 Å². The van der Waals surface area contributed by atoms with E-state index in [0.29, 0.717) is 5.69 Å². The second-order valence-corrected chi connectivity index (χ2v) is 7.77. The normalized spacial score (nSPS) is 10.9. The van der Waals surface area contributed by atoms with Gasteiger partial charge in [-0.25, -0.2) is 4.79 Å². The first-order chi connectivity index (χ1) is 13.6. The lowest BCUT2D eigenvalue weighted by molar-refractivity contribution is -0.117. The molecule has 2 aromatic carbocycles. The predicted octanol–water partition coefficient (Wildman–Crippen LogP) is 4.15. The molecular weight excluding hydrogens is 368 g/mol. The van der Waals surface area contributed by atoms with E-state index in [1.165, 1.54) is 18.9 Å². The van der Waals surface area contributed by atoms with Crippen molar-refractivity contribution in [2.45, 2.75) is 39.5 Å². The molecule has 0 saturated heterocycles. The van der Waals surface area contributed by atoms with Crippen LogP contribution in [0.3, 0.4) is 0 Å². The number of hydrogen-bond donors (Lipinski definition) is 1. The standard InChI is InChI=1S/C23H28N2O4/c1-16(26)25(20-13-9-6-10-17(20)22(28)29-5)15-14-21(27)24-19-12-8-7-11-18(19)23(2,3)4/h6-13H,14-15H2,1-5H3,(H,24,27). The highest BCUT2D eigenvalue weighted by Gasteiger charge is 2.22. The van der Waals surface area contributed by atoms with Crippen LogP contribution in [-0.2, 0) is 19.7 Å². The molecule has 154 valence electrons. The van der Waals surface area contributed by atoms with Crippen molar-refractivity contribution in [2.24, 2.45) is 0 Å². The first-order valence-electron chi connectivity index (χ1n) is 9.50. The van der Waals surface area contributed by atoms with Gasteiger partial charge in [0.1, 0.15) is 0 Å². The third-order valence-electron chi connectivity index (χ3n) is 4.55. The molecule has 6 nitrogen and oxygen atoms in total. The van der Waals surface area contributed by atoms with E-state index in [4.69, 9.17) is 4.74 Å². The van der Waals surface area contributed by atoms with Crippen molar-refractivity contribution in [3.63, 3.8) is 0 Å². The van der Waals surface area contributed by atoms with Crippen molar-refractivity contribution in [1.82, 2.24) is 0 Å². The van der Waals surface area contributed by atoms with Gasteiger partial charge in [-0.3, -0.25) is 9.59 Å². The number of anilines is 2. The van der Waals surface area contributed by atoms with E-state index in [1.807, 2.05) is 24.3 Å². The number of esters is 1. The Hall–Kier alpha value is -3.15. The summed E-state index contributed by atoms with van der Waals surface area (Å²) in [5.41, 5.74) is 2.38. The minimum atomic E-state index is -0.532. The number of methoxy groups -OCH3 is 1. The van der Waals surface area contributed by atoms with Gasteiger partial charge in [0.05, 0.1) is 18.4 Å². The molecule has 0 aliphatic heterocycles. The van der Waals surface area contributed by atoms with Gasteiger partial charge in [0.2, 0.25) is 11.8 Å². The summed E-state index contributed by atoms with van der Waals surface area (Å²) < 4.78 is 4.80. The van der Waals surface area contributed by atoms with Crippen molar-refractivity contribution in [3.05, 3.63) is 59.7 Å². The molecule has 0 aromatic heterocycles. The highest BCUT2D eigenvalue weighted by atomic mass is 16.5. The fourth-order valence-electron chi connectivity index (χ4n) is 3.11. The van der Waals surface area contributed by atoms with Gasteiger partial charge in [-0.15, -0.1) is 0 Å². The maximum Gasteiger partial charge on any atom is 0.339 e. The fourth-order valence-corrected chi connectivity index (χ4v) is 3.11. The van der Waals surface area contributed by atoms with Crippen LogP contribution in [0.25, 0.3) is 0 Å². The van der Waals surface area contributed by atoms with E-state index in [9.17, 15) is 14.4 Å². The van der Waals surface area contributed by atoms with Crippen molar-refractivity contribution >= 4 is 29.2 Å². The molecule has 0 aliphatic carbocycles. The van der Waals surface area contributed by atoms with E-state index in [-0.39, 0.29) is 35.8 Å². The molecule has 1 N–H and O–H groups in total. The molecule has 2 rings (SSSR count). The quantitative estimate of drug-likeness (QED) is 0.744. The summed E-state index contributed by atoms with van der Waals surface area (Å²) >= 11 is 0. The lowest BCUT2D eigenvalue weighted by atomic mass is 9.86. The van der Waals surface area contributed by atoms with Crippen molar-refractivity contribution in [1.29, 1.82) is 0 Å². The summed E-state index contributed by atoms with van der Waals surface area (Å²) in [7, 11) is 1.29. The van der Waals surface area contributed by atoms with Crippen molar-refractivity contribution in [3.8, 4) is 0 Å². The largest absolute Gasteiger partial charge is 0.465 e. The zero-order chi connectivity index (χ0) is 21.6. The maximum absolute atomic E-state index is 12.6. The van der Waals surface area contributed by atoms with E-state index in [0.717, 1.165) is 11.3 Å². The Morgan fingerprint density at radius 1 is 1.00 bits per heavy atom. The summed E-state index contributed by atoms with van der Waals surface area (Å²) in [6.45, 7) is 7.80. The fraction of sp³-hybridized carbons (Fsp3) is 0.348. The summed E-state index contributed by atoms with van der Waals surface area (Å²) in [6, 6.07) is 14.4. The van der Waals surface area contributed by atoms with Gasteiger partial charge in [-0.1, -0.05) is 51.1 Å². The molecule has 0 fully saturated rings.